The lowest BCUT2D eigenvalue weighted by Gasteiger charge is -2.00. The Kier molecular flexibility index (Phi) is 2.94. The first-order valence-electron chi connectivity index (χ1n) is 5.54. The Bertz CT molecular complexity index is 749. The third kappa shape index (κ3) is 2.19. The van der Waals surface area contributed by atoms with E-state index in [0.29, 0.717) is 0 Å². The Morgan fingerprint density at radius 1 is 1.21 bits per heavy atom. The van der Waals surface area contributed by atoms with Crippen LogP contribution in [-0.2, 0) is 0 Å². The second-order valence-electron chi connectivity index (χ2n) is 4.02. The van der Waals surface area contributed by atoms with Crippen LogP contribution in [0.5, 0.6) is 0 Å². The van der Waals surface area contributed by atoms with Gasteiger partial charge < -0.3 is 4.98 Å². The van der Waals surface area contributed by atoms with E-state index in [1.54, 1.807) is 12.1 Å². The number of fused-ring (bicyclic) bond motifs is 1. The molecule has 1 heterocycles. The Hall–Kier alpha value is -1.96. The zero-order valence-corrected chi connectivity index (χ0v) is 11.8. The highest BCUT2D eigenvalue weighted by Crippen LogP contribution is 2.28. The number of para-hydroxylation sites is 2. The van der Waals surface area contributed by atoms with Crippen molar-refractivity contribution < 1.29 is 4.92 Å². The van der Waals surface area contributed by atoms with Gasteiger partial charge in [-0.25, -0.2) is 4.98 Å². The van der Waals surface area contributed by atoms with Gasteiger partial charge in [-0.3, -0.25) is 10.1 Å². The molecule has 1 aromatic heterocycles. The van der Waals surface area contributed by atoms with Crippen LogP contribution in [0, 0.1) is 13.7 Å². The number of nitrogens with zero attached hydrogens (tertiary/aromatic N) is 2. The molecule has 0 saturated heterocycles. The fourth-order valence-corrected chi connectivity index (χ4v) is 2.64. The van der Waals surface area contributed by atoms with Crippen molar-refractivity contribution in [2.45, 2.75) is 0 Å². The van der Waals surface area contributed by atoms with Crippen LogP contribution in [0.3, 0.4) is 0 Å². The molecule has 0 atom stereocenters. The lowest BCUT2D eigenvalue weighted by molar-refractivity contribution is -0.384. The van der Waals surface area contributed by atoms with Gasteiger partial charge in [0.2, 0.25) is 0 Å². The molecule has 3 rings (SSSR count). The van der Waals surface area contributed by atoms with Crippen LogP contribution in [0.4, 0.5) is 5.69 Å². The summed E-state index contributed by atoms with van der Waals surface area (Å²) in [5, 5.41) is 10.7. The van der Waals surface area contributed by atoms with Crippen molar-refractivity contribution in [2.24, 2.45) is 0 Å². The summed E-state index contributed by atoms with van der Waals surface area (Å²) in [5.74, 6) is 0.723. The molecular weight excluding hydrogens is 357 g/mol. The van der Waals surface area contributed by atoms with Gasteiger partial charge in [0.25, 0.3) is 5.69 Å². The predicted octanol–water partition coefficient (Wildman–Crippen LogP) is 3.74. The summed E-state index contributed by atoms with van der Waals surface area (Å²) in [6.45, 7) is 0. The number of aromatic amines is 1. The summed E-state index contributed by atoms with van der Waals surface area (Å²) in [6.07, 6.45) is 0. The Balaban J connectivity index is 2.13. The molecule has 2 aromatic carbocycles. The van der Waals surface area contributed by atoms with Crippen LogP contribution < -0.4 is 0 Å². The number of imidazole rings is 1. The number of aromatic nitrogens is 2. The summed E-state index contributed by atoms with van der Waals surface area (Å²) in [4.78, 5) is 18.0. The highest BCUT2D eigenvalue weighted by molar-refractivity contribution is 14.1. The SMILES string of the molecule is O=[N+]([O-])c1ccc(-c2nc3ccccc3[nH]2)c(I)c1. The predicted molar refractivity (Wildman–Crippen MR) is 80.9 cm³/mol. The molecule has 0 fully saturated rings. The van der Waals surface area contributed by atoms with Crippen molar-refractivity contribution in [1.82, 2.24) is 9.97 Å². The topological polar surface area (TPSA) is 71.8 Å². The van der Waals surface area contributed by atoms with Crippen molar-refractivity contribution in [3.8, 4) is 11.4 Å². The molecule has 0 radical (unpaired) electrons. The third-order valence-corrected chi connectivity index (χ3v) is 3.70. The number of rotatable bonds is 2. The number of nitro benzene ring substituents is 1. The van der Waals surface area contributed by atoms with Crippen molar-refractivity contribution in [3.63, 3.8) is 0 Å². The first-order chi connectivity index (χ1) is 9.15. The second kappa shape index (κ2) is 4.61. The molecule has 3 aromatic rings. The van der Waals surface area contributed by atoms with E-state index >= 15 is 0 Å². The normalized spacial score (nSPS) is 10.8. The van der Waals surface area contributed by atoms with E-state index in [4.69, 9.17) is 0 Å². The molecule has 19 heavy (non-hydrogen) atoms. The Morgan fingerprint density at radius 3 is 2.68 bits per heavy atom. The molecule has 0 unspecified atom stereocenters. The number of hydrogen-bond donors (Lipinski definition) is 1. The van der Waals surface area contributed by atoms with Crippen LogP contribution in [0.25, 0.3) is 22.4 Å². The summed E-state index contributed by atoms with van der Waals surface area (Å²) in [5.41, 5.74) is 2.78. The number of nitrogens with one attached hydrogen (secondary N) is 1. The Morgan fingerprint density at radius 2 is 2.00 bits per heavy atom. The van der Waals surface area contributed by atoms with Gasteiger partial charge in [0.1, 0.15) is 5.82 Å². The molecule has 1 N–H and O–H groups in total. The van der Waals surface area contributed by atoms with Crippen LogP contribution in [0.1, 0.15) is 0 Å². The van der Waals surface area contributed by atoms with Crippen molar-refractivity contribution in [1.29, 1.82) is 0 Å². The molecule has 6 heteroatoms. The van der Waals surface area contributed by atoms with Crippen LogP contribution in [0.2, 0.25) is 0 Å². The molecule has 0 spiro atoms. The summed E-state index contributed by atoms with van der Waals surface area (Å²) < 4.78 is 0.797. The number of H-pyrrole nitrogens is 1. The largest absolute Gasteiger partial charge is 0.338 e. The number of hydrogen-bond acceptors (Lipinski definition) is 3. The summed E-state index contributed by atoms with van der Waals surface area (Å²) >= 11 is 2.08. The number of nitro groups is 1. The Labute approximate surface area is 122 Å². The van der Waals surface area contributed by atoms with E-state index in [1.165, 1.54) is 6.07 Å². The van der Waals surface area contributed by atoms with Gasteiger partial charge in [-0.2, -0.15) is 0 Å². The molecule has 0 aliphatic rings. The third-order valence-electron chi connectivity index (χ3n) is 2.81. The van der Waals surface area contributed by atoms with Gasteiger partial charge in [-0.15, -0.1) is 0 Å². The lowest BCUT2D eigenvalue weighted by Crippen LogP contribution is -1.91. The highest BCUT2D eigenvalue weighted by atomic mass is 127. The van der Waals surface area contributed by atoms with Crippen molar-refractivity contribution in [2.75, 3.05) is 0 Å². The quantitative estimate of drug-likeness (QED) is 0.427. The van der Waals surface area contributed by atoms with Gasteiger partial charge >= 0.3 is 0 Å². The fourth-order valence-electron chi connectivity index (χ4n) is 1.89. The summed E-state index contributed by atoms with van der Waals surface area (Å²) in [6, 6.07) is 12.5. The number of halogens is 1. The minimum Gasteiger partial charge on any atom is -0.338 e. The first kappa shape index (κ1) is 12.1. The van der Waals surface area contributed by atoms with E-state index < -0.39 is 4.92 Å². The maximum Gasteiger partial charge on any atom is 0.270 e. The lowest BCUT2D eigenvalue weighted by atomic mass is 10.2. The van der Waals surface area contributed by atoms with Crippen LogP contribution in [-0.4, -0.2) is 14.9 Å². The van der Waals surface area contributed by atoms with Gasteiger partial charge in [0.15, 0.2) is 0 Å². The minimum atomic E-state index is -0.398. The van der Waals surface area contributed by atoms with E-state index in [9.17, 15) is 10.1 Å². The second-order valence-corrected chi connectivity index (χ2v) is 5.19. The zero-order valence-electron chi connectivity index (χ0n) is 9.63. The maximum absolute atomic E-state index is 10.7. The van der Waals surface area contributed by atoms with Crippen molar-refractivity contribution >= 4 is 39.3 Å². The zero-order chi connectivity index (χ0) is 13.4. The maximum atomic E-state index is 10.7. The van der Waals surface area contributed by atoms with E-state index in [0.717, 1.165) is 26.0 Å². The monoisotopic (exact) mass is 365 g/mol. The van der Waals surface area contributed by atoms with Gasteiger partial charge in [-0.05, 0) is 40.8 Å². The standard InChI is InChI=1S/C13H8IN3O2/c14-10-7-8(17(18)19)5-6-9(10)13-15-11-3-1-2-4-12(11)16-13/h1-7H,(H,15,16). The average Bonchev–Trinajstić information content (AvgIpc) is 2.81. The minimum absolute atomic E-state index is 0.0873. The molecule has 94 valence electrons. The fraction of sp³-hybridized carbons (Fsp3) is 0. The molecule has 0 bridgehead atoms. The highest BCUT2D eigenvalue weighted by Gasteiger charge is 2.12. The summed E-state index contributed by atoms with van der Waals surface area (Å²) in [7, 11) is 0. The molecule has 0 aliphatic heterocycles. The molecular formula is C13H8IN3O2. The van der Waals surface area contributed by atoms with E-state index in [-0.39, 0.29) is 5.69 Å². The smallest absolute Gasteiger partial charge is 0.270 e. The van der Waals surface area contributed by atoms with Crippen LogP contribution >= 0.6 is 22.6 Å². The number of benzene rings is 2. The molecule has 0 aliphatic carbocycles. The number of non-ortho nitro benzene ring substituents is 1. The first-order valence-corrected chi connectivity index (χ1v) is 6.62. The van der Waals surface area contributed by atoms with E-state index in [1.807, 2.05) is 24.3 Å². The van der Waals surface area contributed by atoms with Gasteiger partial charge in [0, 0.05) is 21.3 Å². The van der Waals surface area contributed by atoms with E-state index in [2.05, 4.69) is 32.6 Å². The van der Waals surface area contributed by atoms with Crippen LogP contribution in [0.15, 0.2) is 42.5 Å². The molecule has 5 nitrogen and oxygen atoms in total. The molecule has 0 amide bonds. The molecule has 0 saturated carbocycles. The van der Waals surface area contributed by atoms with Gasteiger partial charge in [-0.1, -0.05) is 12.1 Å². The van der Waals surface area contributed by atoms with Gasteiger partial charge in [0.05, 0.1) is 16.0 Å². The average molecular weight is 365 g/mol. The van der Waals surface area contributed by atoms with Crippen molar-refractivity contribution in [3.05, 3.63) is 56.1 Å².